The molecular formula is C12H17NO. The highest BCUT2D eigenvalue weighted by molar-refractivity contribution is 5.56. The van der Waals surface area contributed by atoms with Gasteiger partial charge in [0, 0.05) is 17.8 Å². The van der Waals surface area contributed by atoms with Crippen molar-refractivity contribution in [3.8, 4) is 0 Å². The zero-order valence-corrected chi connectivity index (χ0v) is 8.80. The minimum Gasteiger partial charge on any atom is -0.388 e. The van der Waals surface area contributed by atoms with Gasteiger partial charge in [-0.3, -0.25) is 0 Å². The molecule has 0 saturated heterocycles. The molecule has 1 heterocycles. The highest BCUT2D eigenvalue weighted by atomic mass is 16.3. The van der Waals surface area contributed by atoms with Crippen LogP contribution in [0.15, 0.2) is 12.1 Å². The second-order valence-corrected chi connectivity index (χ2v) is 4.11. The normalized spacial score (nSPS) is 20.9. The van der Waals surface area contributed by atoms with Gasteiger partial charge in [0.05, 0.1) is 6.10 Å². The molecule has 0 spiro atoms. The quantitative estimate of drug-likeness (QED) is 0.660. The van der Waals surface area contributed by atoms with E-state index in [1.165, 1.54) is 11.1 Å². The highest BCUT2D eigenvalue weighted by Gasteiger charge is 2.16. The summed E-state index contributed by atoms with van der Waals surface area (Å²) in [5.74, 6) is 0. The number of nitrogens with one attached hydrogen (secondary N) is 1. The van der Waals surface area contributed by atoms with E-state index < -0.39 is 0 Å². The first-order valence-electron chi connectivity index (χ1n) is 5.21. The van der Waals surface area contributed by atoms with E-state index >= 15 is 0 Å². The van der Waals surface area contributed by atoms with Crippen LogP contribution in [0.3, 0.4) is 0 Å². The minimum atomic E-state index is -0.292. The second kappa shape index (κ2) is 3.62. The Hall–Kier alpha value is -1.02. The van der Waals surface area contributed by atoms with Gasteiger partial charge in [0.2, 0.25) is 0 Å². The lowest BCUT2D eigenvalue weighted by molar-refractivity contribution is 0.168. The van der Waals surface area contributed by atoms with Gasteiger partial charge in [-0.1, -0.05) is 6.07 Å². The fraction of sp³-hybridized carbons (Fsp3) is 0.500. The molecule has 1 aliphatic heterocycles. The Morgan fingerprint density at radius 3 is 2.79 bits per heavy atom. The molecule has 2 N–H and O–H groups in total. The third kappa shape index (κ3) is 1.62. The molecule has 2 heteroatoms. The van der Waals surface area contributed by atoms with Gasteiger partial charge in [-0.05, 0) is 43.9 Å². The van der Waals surface area contributed by atoms with Crippen molar-refractivity contribution in [1.29, 1.82) is 0 Å². The van der Waals surface area contributed by atoms with Gasteiger partial charge in [-0.2, -0.15) is 0 Å². The summed E-state index contributed by atoms with van der Waals surface area (Å²) < 4.78 is 0. The Morgan fingerprint density at radius 1 is 1.29 bits per heavy atom. The van der Waals surface area contributed by atoms with Crippen molar-refractivity contribution in [2.75, 3.05) is 11.9 Å². The van der Waals surface area contributed by atoms with E-state index in [1.54, 1.807) is 0 Å². The first kappa shape index (κ1) is 9.53. The van der Waals surface area contributed by atoms with Crippen LogP contribution in [0.25, 0.3) is 0 Å². The summed E-state index contributed by atoms with van der Waals surface area (Å²) in [6.07, 6.45) is 1.61. The Labute approximate surface area is 85.0 Å². The maximum atomic E-state index is 9.92. The smallest absolute Gasteiger partial charge is 0.0810 e. The largest absolute Gasteiger partial charge is 0.388 e. The molecule has 14 heavy (non-hydrogen) atoms. The van der Waals surface area contributed by atoms with Crippen LogP contribution >= 0.6 is 0 Å². The maximum Gasteiger partial charge on any atom is 0.0810 e. The number of aryl methyl sites for hydroxylation is 2. The average Bonchev–Trinajstić information content (AvgIpc) is 2.31. The zero-order chi connectivity index (χ0) is 10.1. The summed E-state index contributed by atoms with van der Waals surface area (Å²) in [4.78, 5) is 0. The summed E-state index contributed by atoms with van der Waals surface area (Å²) in [5.41, 5.74) is 4.71. The molecule has 0 saturated carbocycles. The molecule has 1 aromatic rings. The third-order valence-corrected chi connectivity index (χ3v) is 2.99. The van der Waals surface area contributed by atoms with Crippen LogP contribution in [0.4, 0.5) is 5.69 Å². The van der Waals surface area contributed by atoms with Crippen molar-refractivity contribution in [2.24, 2.45) is 0 Å². The van der Waals surface area contributed by atoms with E-state index in [-0.39, 0.29) is 6.10 Å². The summed E-state index contributed by atoms with van der Waals surface area (Å²) in [5, 5.41) is 13.3. The van der Waals surface area contributed by atoms with E-state index in [4.69, 9.17) is 0 Å². The second-order valence-electron chi connectivity index (χ2n) is 4.11. The lowest BCUT2D eigenvalue weighted by Gasteiger charge is -2.14. The molecule has 0 fully saturated rings. The topological polar surface area (TPSA) is 32.3 Å². The summed E-state index contributed by atoms with van der Waals surface area (Å²) in [7, 11) is 0. The predicted octanol–water partition coefficient (Wildman–Crippen LogP) is 2.54. The van der Waals surface area contributed by atoms with E-state index in [1.807, 2.05) is 0 Å². The van der Waals surface area contributed by atoms with E-state index in [0.717, 1.165) is 30.6 Å². The summed E-state index contributed by atoms with van der Waals surface area (Å²) >= 11 is 0. The van der Waals surface area contributed by atoms with Crippen LogP contribution in [-0.4, -0.2) is 11.7 Å². The Kier molecular flexibility index (Phi) is 2.46. The molecule has 0 amide bonds. The third-order valence-electron chi connectivity index (χ3n) is 2.99. The lowest BCUT2D eigenvalue weighted by Crippen LogP contribution is -2.01. The van der Waals surface area contributed by atoms with E-state index in [0.29, 0.717) is 0 Å². The van der Waals surface area contributed by atoms with Gasteiger partial charge in [0.15, 0.2) is 0 Å². The number of benzene rings is 1. The summed E-state index contributed by atoms with van der Waals surface area (Å²) in [6, 6.07) is 4.24. The molecular weight excluding hydrogens is 174 g/mol. The fourth-order valence-corrected chi connectivity index (χ4v) is 1.94. The van der Waals surface area contributed by atoms with Gasteiger partial charge in [-0.15, -0.1) is 0 Å². The SMILES string of the molecule is Cc1cc2c(cc1C)C(O)CCCN2. The first-order valence-corrected chi connectivity index (χ1v) is 5.21. The molecule has 76 valence electrons. The summed E-state index contributed by atoms with van der Waals surface area (Å²) in [6.45, 7) is 5.16. The van der Waals surface area contributed by atoms with Crippen LogP contribution in [0.1, 0.15) is 35.6 Å². The molecule has 0 aromatic heterocycles. The fourth-order valence-electron chi connectivity index (χ4n) is 1.94. The number of anilines is 1. The molecule has 2 rings (SSSR count). The Balaban J connectivity index is 2.49. The van der Waals surface area contributed by atoms with Gasteiger partial charge in [0.1, 0.15) is 0 Å². The van der Waals surface area contributed by atoms with E-state index in [9.17, 15) is 5.11 Å². The highest BCUT2D eigenvalue weighted by Crippen LogP contribution is 2.31. The first-order chi connectivity index (χ1) is 6.68. The Morgan fingerprint density at radius 2 is 2.00 bits per heavy atom. The zero-order valence-electron chi connectivity index (χ0n) is 8.80. The van der Waals surface area contributed by atoms with Gasteiger partial charge in [-0.25, -0.2) is 0 Å². The number of hydrogen-bond acceptors (Lipinski definition) is 2. The van der Waals surface area contributed by atoms with E-state index in [2.05, 4.69) is 31.3 Å². The van der Waals surface area contributed by atoms with Gasteiger partial charge >= 0.3 is 0 Å². The van der Waals surface area contributed by atoms with Crippen molar-refractivity contribution in [2.45, 2.75) is 32.8 Å². The average molecular weight is 191 g/mol. The minimum absolute atomic E-state index is 0.292. The lowest BCUT2D eigenvalue weighted by atomic mass is 9.99. The number of aliphatic hydroxyl groups is 1. The maximum absolute atomic E-state index is 9.92. The molecule has 1 aromatic carbocycles. The van der Waals surface area contributed by atoms with Gasteiger partial charge in [0.25, 0.3) is 0 Å². The van der Waals surface area contributed by atoms with Crippen LogP contribution < -0.4 is 5.32 Å². The monoisotopic (exact) mass is 191 g/mol. The van der Waals surface area contributed by atoms with Crippen LogP contribution in [0.2, 0.25) is 0 Å². The number of fused-ring (bicyclic) bond motifs is 1. The standard InChI is InChI=1S/C12H17NO/c1-8-6-10-11(7-9(8)2)13-5-3-4-12(10)14/h6-7,12-14H,3-5H2,1-2H3. The molecule has 1 unspecified atom stereocenters. The van der Waals surface area contributed by atoms with Crippen LogP contribution in [0, 0.1) is 13.8 Å². The molecule has 0 aliphatic carbocycles. The van der Waals surface area contributed by atoms with Crippen LogP contribution in [-0.2, 0) is 0 Å². The molecule has 2 nitrogen and oxygen atoms in total. The number of hydrogen-bond donors (Lipinski definition) is 2. The van der Waals surface area contributed by atoms with Crippen molar-refractivity contribution in [1.82, 2.24) is 0 Å². The number of aliphatic hydroxyl groups excluding tert-OH is 1. The predicted molar refractivity (Wildman–Crippen MR) is 58.6 cm³/mol. The molecule has 1 atom stereocenters. The van der Waals surface area contributed by atoms with Crippen molar-refractivity contribution < 1.29 is 5.11 Å². The van der Waals surface area contributed by atoms with Crippen molar-refractivity contribution in [3.05, 3.63) is 28.8 Å². The molecule has 1 aliphatic rings. The Bertz CT molecular complexity index is 346. The van der Waals surface area contributed by atoms with Crippen LogP contribution in [0.5, 0.6) is 0 Å². The number of rotatable bonds is 0. The molecule has 0 radical (unpaired) electrons. The van der Waals surface area contributed by atoms with Gasteiger partial charge < -0.3 is 10.4 Å². The molecule has 0 bridgehead atoms. The van der Waals surface area contributed by atoms with Crippen molar-refractivity contribution >= 4 is 5.69 Å². The van der Waals surface area contributed by atoms with Crippen molar-refractivity contribution in [3.63, 3.8) is 0 Å².